The molecule has 1 aromatic carbocycles. The maximum Gasteiger partial charge on any atom is 0.364 e. The summed E-state index contributed by atoms with van der Waals surface area (Å²) in [6.45, 7) is 5.50. The first kappa shape index (κ1) is 19.5. The summed E-state index contributed by atoms with van der Waals surface area (Å²) >= 11 is 0. The van der Waals surface area contributed by atoms with Crippen LogP contribution in [0.5, 0.6) is 5.75 Å². The molecule has 1 rings (SSSR count). The Morgan fingerprint density at radius 2 is 1.65 bits per heavy atom. The van der Waals surface area contributed by atoms with Crippen molar-refractivity contribution in [2.75, 3.05) is 32.2 Å². The van der Waals surface area contributed by atoms with E-state index >= 15 is 0 Å². The summed E-state index contributed by atoms with van der Waals surface area (Å²) in [5, 5.41) is 2.88. The molecule has 1 N–H and O–H groups in total. The fourth-order valence-electron chi connectivity index (χ4n) is 1.88. The molecule has 0 aliphatic heterocycles. The summed E-state index contributed by atoms with van der Waals surface area (Å²) in [5.74, 6) is -1.26. The molecule has 0 amide bonds. The molecule has 0 radical (unpaired) electrons. The van der Waals surface area contributed by atoms with Gasteiger partial charge in [0.1, 0.15) is 5.75 Å². The largest absolute Gasteiger partial charge is 0.497 e. The maximum atomic E-state index is 12.9. The van der Waals surface area contributed by atoms with Crippen molar-refractivity contribution in [3.63, 3.8) is 0 Å². The van der Waals surface area contributed by atoms with Crippen LogP contribution >= 0.6 is 7.60 Å². The van der Waals surface area contributed by atoms with Gasteiger partial charge in [0.2, 0.25) is 5.78 Å². The van der Waals surface area contributed by atoms with Gasteiger partial charge in [-0.05, 0) is 45.0 Å². The van der Waals surface area contributed by atoms with E-state index in [-0.39, 0.29) is 19.8 Å². The number of nitrogens with one attached hydrogen (secondary N) is 1. The Kier molecular flexibility index (Phi) is 8.09. The molecule has 1 aromatic rings. The van der Waals surface area contributed by atoms with Crippen molar-refractivity contribution in [3.05, 3.63) is 24.3 Å². The molecule has 0 heterocycles. The second-order valence-corrected chi connectivity index (χ2v) is 6.52. The maximum absolute atomic E-state index is 12.9. The number of hydrogen-bond acceptors (Lipinski definition) is 7. The van der Waals surface area contributed by atoms with Gasteiger partial charge in [0, 0.05) is 5.69 Å². The summed E-state index contributed by atoms with van der Waals surface area (Å²) in [7, 11) is -2.16. The lowest BCUT2D eigenvalue weighted by molar-refractivity contribution is -0.142. The molecular formula is C15H24NO6P. The fourth-order valence-corrected chi connectivity index (χ4v) is 3.61. The number of methoxy groups -OCH3 is 1. The molecule has 0 aliphatic rings. The van der Waals surface area contributed by atoms with Crippen molar-refractivity contribution >= 4 is 19.3 Å². The highest BCUT2D eigenvalue weighted by atomic mass is 31.2. The molecule has 8 heteroatoms. The Balaban J connectivity index is 3.07. The summed E-state index contributed by atoms with van der Waals surface area (Å²) in [4.78, 5) is 12.2. The molecule has 130 valence electrons. The monoisotopic (exact) mass is 345 g/mol. The quantitative estimate of drug-likeness (QED) is 0.515. The third-order valence-corrected chi connectivity index (χ3v) is 5.05. The van der Waals surface area contributed by atoms with Crippen LogP contribution in [0.1, 0.15) is 20.8 Å². The topological polar surface area (TPSA) is 83.1 Å². The first-order chi connectivity index (χ1) is 11.0. The molecule has 0 saturated heterocycles. The Morgan fingerprint density at radius 1 is 1.09 bits per heavy atom. The van der Waals surface area contributed by atoms with Gasteiger partial charge in [-0.2, -0.15) is 0 Å². The van der Waals surface area contributed by atoms with Crippen LogP contribution < -0.4 is 10.1 Å². The van der Waals surface area contributed by atoms with Crippen LogP contribution in [0.3, 0.4) is 0 Å². The predicted molar refractivity (Wildman–Crippen MR) is 87.9 cm³/mol. The molecule has 0 bridgehead atoms. The van der Waals surface area contributed by atoms with Gasteiger partial charge in [-0.1, -0.05) is 0 Å². The highest BCUT2D eigenvalue weighted by Crippen LogP contribution is 2.53. The van der Waals surface area contributed by atoms with E-state index in [1.54, 1.807) is 52.1 Å². The van der Waals surface area contributed by atoms with Crippen LogP contribution in [0.2, 0.25) is 0 Å². The Bertz CT molecular complexity index is 523. The zero-order chi connectivity index (χ0) is 17.3. The molecule has 0 spiro atoms. The first-order valence-electron chi connectivity index (χ1n) is 7.46. The van der Waals surface area contributed by atoms with Crippen molar-refractivity contribution in [1.29, 1.82) is 0 Å². The number of anilines is 1. The van der Waals surface area contributed by atoms with Crippen molar-refractivity contribution in [3.8, 4) is 5.75 Å². The van der Waals surface area contributed by atoms with E-state index in [0.717, 1.165) is 0 Å². The molecule has 7 nitrogen and oxygen atoms in total. The third-order valence-electron chi connectivity index (χ3n) is 2.84. The molecule has 0 saturated carbocycles. The molecule has 23 heavy (non-hydrogen) atoms. The predicted octanol–water partition coefficient (Wildman–Crippen LogP) is 3.26. The highest BCUT2D eigenvalue weighted by molar-refractivity contribution is 7.55. The second kappa shape index (κ2) is 9.55. The van der Waals surface area contributed by atoms with Gasteiger partial charge in [0.05, 0.1) is 26.9 Å². The number of rotatable bonds is 10. The van der Waals surface area contributed by atoms with E-state index in [1.165, 1.54) is 0 Å². The smallest absolute Gasteiger partial charge is 0.364 e. The van der Waals surface area contributed by atoms with Crippen LogP contribution in [0.25, 0.3) is 0 Å². The fraction of sp³-hybridized carbons (Fsp3) is 0.533. The standard InChI is InChI=1S/C15H24NO6P/c1-5-20-15(17)14(23(18,21-6-2)22-7-3)16-12-8-10-13(19-4)11-9-12/h8-11,14,16H,5-7H2,1-4H3. The molecule has 1 unspecified atom stereocenters. The highest BCUT2D eigenvalue weighted by Gasteiger charge is 2.42. The molecule has 0 fully saturated rings. The van der Waals surface area contributed by atoms with E-state index in [9.17, 15) is 9.36 Å². The number of esters is 1. The number of ether oxygens (including phenoxy) is 2. The molecule has 1 atom stereocenters. The number of benzene rings is 1. The van der Waals surface area contributed by atoms with Crippen LogP contribution in [0.4, 0.5) is 5.69 Å². The minimum absolute atomic E-state index is 0.150. The third kappa shape index (κ3) is 5.53. The van der Waals surface area contributed by atoms with Gasteiger partial charge in [0.25, 0.3) is 0 Å². The van der Waals surface area contributed by atoms with Crippen LogP contribution in [0.15, 0.2) is 24.3 Å². The lowest BCUT2D eigenvalue weighted by Gasteiger charge is -2.26. The van der Waals surface area contributed by atoms with Gasteiger partial charge in [-0.25, -0.2) is 4.79 Å². The van der Waals surface area contributed by atoms with E-state index in [1.807, 2.05) is 0 Å². The summed E-state index contributed by atoms with van der Waals surface area (Å²) in [6.07, 6.45) is 0. The summed E-state index contributed by atoms with van der Waals surface area (Å²) < 4.78 is 33.5. The minimum atomic E-state index is -3.72. The van der Waals surface area contributed by atoms with Gasteiger partial charge in [-0.3, -0.25) is 4.57 Å². The SMILES string of the molecule is CCOC(=O)C(Nc1ccc(OC)cc1)P(=O)(OCC)OCC. The van der Waals surface area contributed by atoms with Crippen molar-refractivity contribution in [1.82, 2.24) is 0 Å². The molecular weight excluding hydrogens is 321 g/mol. The van der Waals surface area contributed by atoms with Gasteiger partial charge in [0.15, 0.2) is 0 Å². The Labute approximate surface area is 136 Å². The zero-order valence-electron chi connectivity index (χ0n) is 13.9. The second-order valence-electron chi connectivity index (χ2n) is 4.40. The lowest BCUT2D eigenvalue weighted by Crippen LogP contribution is -2.33. The van der Waals surface area contributed by atoms with Gasteiger partial charge in [-0.15, -0.1) is 0 Å². The average Bonchev–Trinajstić information content (AvgIpc) is 2.53. The number of carbonyl (C=O) groups excluding carboxylic acids is 1. The van der Waals surface area contributed by atoms with E-state index < -0.39 is 19.3 Å². The van der Waals surface area contributed by atoms with Gasteiger partial charge < -0.3 is 23.8 Å². The van der Waals surface area contributed by atoms with Crippen LogP contribution in [0, 0.1) is 0 Å². The molecule has 0 aromatic heterocycles. The van der Waals surface area contributed by atoms with E-state index in [2.05, 4.69) is 5.32 Å². The zero-order valence-corrected chi connectivity index (χ0v) is 14.8. The van der Waals surface area contributed by atoms with Gasteiger partial charge >= 0.3 is 13.6 Å². The minimum Gasteiger partial charge on any atom is -0.497 e. The van der Waals surface area contributed by atoms with Crippen molar-refractivity contribution < 1.29 is 27.9 Å². The Hall–Kier alpha value is -1.56. The number of hydrogen-bond donors (Lipinski definition) is 1. The van der Waals surface area contributed by atoms with Crippen molar-refractivity contribution in [2.45, 2.75) is 26.6 Å². The number of carbonyl (C=O) groups is 1. The van der Waals surface area contributed by atoms with E-state index in [0.29, 0.717) is 11.4 Å². The Morgan fingerprint density at radius 3 is 2.09 bits per heavy atom. The first-order valence-corrected chi connectivity index (χ1v) is 9.07. The van der Waals surface area contributed by atoms with Crippen LogP contribution in [-0.4, -0.2) is 38.7 Å². The van der Waals surface area contributed by atoms with Crippen LogP contribution in [-0.2, 0) is 23.1 Å². The lowest BCUT2D eigenvalue weighted by atomic mass is 10.3. The normalized spacial score (nSPS) is 12.5. The summed E-state index contributed by atoms with van der Waals surface area (Å²) in [5.41, 5.74) is 0.573. The molecule has 0 aliphatic carbocycles. The summed E-state index contributed by atoms with van der Waals surface area (Å²) in [6, 6.07) is 6.84. The average molecular weight is 345 g/mol. The van der Waals surface area contributed by atoms with E-state index in [4.69, 9.17) is 18.5 Å². The van der Waals surface area contributed by atoms with Crippen molar-refractivity contribution in [2.24, 2.45) is 0 Å².